The van der Waals surface area contributed by atoms with E-state index in [0.29, 0.717) is 18.0 Å². The van der Waals surface area contributed by atoms with Gasteiger partial charge in [-0.3, -0.25) is 0 Å². The molecule has 0 aliphatic rings. The number of hydrogen-bond acceptors (Lipinski definition) is 6. The molecular weight excluding hydrogens is 310 g/mol. The van der Waals surface area contributed by atoms with E-state index >= 15 is 0 Å². The first-order chi connectivity index (χ1) is 10.8. The molecule has 0 saturated heterocycles. The lowest BCUT2D eigenvalue weighted by Crippen LogP contribution is -2.30. The fourth-order valence-electron chi connectivity index (χ4n) is 2.29. The molecule has 7 heteroatoms. The zero-order chi connectivity index (χ0) is 16.7. The van der Waals surface area contributed by atoms with Crippen molar-refractivity contribution in [1.82, 2.24) is 19.8 Å². The first kappa shape index (κ1) is 15.9. The van der Waals surface area contributed by atoms with Crippen LogP contribution in [0.5, 0.6) is 0 Å². The number of nitrogens with one attached hydrogen (secondary N) is 1. The normalized spacial score (nSPS) is 14.8. The predicted octanol–water partition coefficient (Wildman–Crippen LogP) is 2.80. The second-order valence-electron chi connectivity index (χ2n) is 6.87. The monoisotopic (exact) mass is 331 g/mol. The predicted molar refractivity (Wildman–Crippen MR) is 91.9 cm³/mol. The van der Waals surface area contributed by atoms with Gasteiger partial charge in [-0.2, -0.15) is 4.52 Å². The molecule has 0 aliphatic carbocycles. The third-order valence-electron chi connectivity index (χ3n) is 3.60. The summed E-state index contributed by atoms with van der Waals surface area (Å²) in [5.74, 6) is 1.49. The van der Waals surface area contributed by atoms with E-state index in [9.17, 15) is 5.11 Å². The van der Waals surface area contributed by atoms with E-state index in [-0.39, 0.29) is 5.41 Å². The maximum absolute atomic E-state index is 10.6. The summed E-state index contributed by atoms with van der Waals surface area (Å²) >= 11 is 1.54. The van der Waals surface area contributed by atoms with Crippen LogP contribution in [0.15, 0.2) is 29.6 Å². The first-order valence-electron chi connectivity index (χ1n) is 7.50. The molecule has 6 nitrogen and oxygen atoms in total. The summed E-state index contributed by atoms with van der Waals surface area (Å²) in [5.41, 5.74) is -0.372. The summed E-state index contributed by atoms with van der Waals surface area (Å²) in [7, 11) is 0. The molecule has 2 N–H and O–H groups in total. The Bertz CT molecular complexity index is 802. The van der Waals surface area contributed by atoms with Gasteiger partial charge in [0.25, 0.3) is 0 Å². The quantitative estimate of drug-likeness (QED) is 0.769. The van der Waals surface area contributed by atoms with Crippen molar-refractivity contribution in [2.24, 2.45) is 0 Å². The van der Waals surface area contributed by atoms with Gasteiger partial charge in [0.2, 0.25) is 0 Å². The van der Waals surface area contributed by atoms with Gasteiger partial charge >= 0.3 is 0 Å². The highest BCUT2D eigenvalue weighted by molar-refractivity contribution is 7.10. The van der Waals surface area contributed by atoms with Crippen molar-refractivity contribution in [2.45, 2.75) is 38.7 Å². The van der Waals surface area contributed by atoms with Crippen molar-refractivity contribution >= 4 is 22.8 Å². The molecular formula is C16H21N5OS. The lowest BCUT2D eigenvalue weighted by atomic mass is 9.96. The van der Waals surface area contributed by atoms with E-state index in [2.05, 4.69) is 41.4 Å². The highest BCUT2D eigenvalue weighted by Gasteiger charge is 2.25. The number of thiophene rings is 1. The van der Waals surface area contributed by atoms with Gasteiger partial charge in [-0.25, -0.2) is 0 Å². The van der Waals surface area contributed by atoms with Crippen molar-refractivity contribution in [3.8, 4) is 0 Å². The Kier molecular flexibility index (Phi) is 3.85. The molecule has 122 valence electrons. The standard InChI is InChI=1S/C16H21N5OS/c1-15(2,3)14-19-18-13-8-7-12(20-21(13)14)17-10-16(4,22)11-6-5-9-23-11/h5-9,22H,10H2,1-4H3,(H,17,20). The van der Waals surface area contributed by atoms with Crippen LogP contribution in [-0.4, -0.2) is 31.5 Å². The van der Waals surface area contributed by atoms with Crippen molar-refractivity contribution in [3.63, 3.8) is 0 Å². The van der Waals surface area contributed by atoms with Crippen LogP contribution in [0, 0.1) is 0 Å². The number of hydrogen-bond donors (Lipinski definition) is 2. The lowest BCUT2D eigenvalue weighted by molar-refractivity contribution is 0.0753. The molecule has 0 amide bonds. The fraction of sp³-hybridized carbons (Fsp3) is 0.438. The smallest absolute Gasteiger partial charge is 0.178 e. The number of fused-ring (bicyclic) bond motifs is 1. The van der Waals surface area contributed by atoms with E-state index in [4.69, 9.17) is 0 Å². The summed E-state index contributed by atoms with van der Waals surface area (Å²) in [4.78, 5) is 0.922. The van der Waals surface area contributed by atoms with Crippen molar-refractivity contribution in [1.29, 1.82) is 0 Å². The molecule has 1 unspecified atom stereocenters. The van der Waals surface area contributed by atoms with Gasteiger partial charge in [0.15, 0.2) is 11.5 Å². The van der Waals surface area contributed by atoms with E-state index in [0.717, 1.165) is 10.7 Å². The minimum atomic E-state index is -0.940. The van der Waals surface area contributed by atoms with Crippen molar-refractivity contribution < 1.29 is 5.11 Å². The Morgan fingerprint density at radius 1 is 1.17 bits per heavy atom. The second-order valence-corrected chi connectivity index (χ2v) is 7.81. The first-order valence-corrected chi connectivity index (χ1v) is 8.38. The average molecular weight is 331 g/mol. The Balaban J connectivity index is 1.84. The molecule has 3 rings (SSSR count). The Hall–Kier alpha value is -1.99. The molecule has 0 bridgehead atoms. The van der Waals surface area contributed by atoms with Gasteiger partial charge in [-0.15, -0.1) is 26.6 Å². The molecule has 0 aliphatic heterocycles. The van der Waals surface area contributed by atoms with Gasteiger partial charge in [0.1, 0.15) is 11.4 Å². The molecule has 0 spiro atoms. The van der Waals surface area contributed by atoms with E-state index < -0.39 is 5.60 Å². The fourth-order valence-corrected chi connectivity index (χ4v) is 3.07. The number of anilines is 1. The Labute approximate surface area is 139 Å². The summed E-state index contributed by atoms with van der Waals surface area (Å²) in [6, 6.07) is 7.59. The minimum absolute atomic E-state index is 0.145. The van der Waals surface area contributed by atoms with Crippen LogP contribution in [-0.2, 0) is 11.0 Å². The van der Waals surface area contributed by atoms with Gasteiger partial charge in [0, 0.05) is 16.8 Å². The van der Waals surface area contributed by atoms with Crippen LogP contribution >= 0.6 is 11.3 Å². The summed E-state index contributed by atoms with van der Waals surface area (Å²) in [5, 5.41) is 28.7. The third kappa shape index (κ3) is 3.20. The van der Waals surface area contributed by atoms with Gasteiger partial charge < -0.3 is 10.4 Å². The topological polar surface area (TPSA) is 75.3 Å². The van der Waals surface area contributed by atoms with Gasteiger partial charge in [-0.1, -0.05) is 26.8 Å². The maximum Gasteiger partial charge on any atom is 0.178 e. The molecule has 3 heterocycles. The van der Waals surface area contributed by atoms with Crippen molar-refractivity contribution in [2.75, 3.05) is 11.9 Å². The van der Waals surface area contributed by atoms with Crippen LogP contribution in [0.1, 0.15) is 38.4 Å². The van der Waals surface area contributed by atoms with Crippen LogP contribution in [0.2, 0.25) is 0 Å². The molecule has 23 heavy (non-hydrogen) atoms. The van der Waals surface area contributed by atoms with Gasteiger partial charge in [0.05, 0.1) is 0 Å². The van der Waals surface area contributed by atoms with Crippen LogP contribution < -0.4 is 5.32 Å². The SMILES string of the molecule is CC(C)(C)c1nnc2ccc(NCC(C)(O)c3cccs3)nn12. The summed E-state index contributed by atoms with van der Waals surface area (Å²) in [6.07, 6.45) is 0. The molecule has 0 fully saturated rings. The molecule has 1 atom stereocenters. The van der Waals surface area contributed by atoms with Crippen LogP contribution in [0.4, 0.5) is 5.82 Å². The minimum Gasteiger partial charge on any atom is -0.383 e. The molecule has 0 saturated carbocycles. The highest BCUT2D eigenvalue weighted by atomic mass is 32.1. The van der Waals surface area contributed by atoms with Crippen LogP contribution in [0.3, 0.4) is 0 Å². The zero-order valence-electron chi connectivity index (χ0n) is 13.7. The number of nitrogens with zero attached hydrogens (tertiary/aromatic N) is 4. The molecule has 0 radical (unpaired) electrons. The molecule has 3 aromatic heterocycles. The van der Waals surface area contributed by atoms with E-state index in [1.54, 1.807) is 11.4 Å². The highest BCUT2D eigenvalue weighted by Crippen LogP contribution is 2.26. The lowest BCUT2D eigenvalue weighted by Gasteiger charge is -2.22. The van der Waals surface area contributed by atoms with Crippen LogP contribution in [0.25, 0.3) is 5.65 Å². The Morgan fingerprint density at radius 2 is 1.96 bits per heavy atom. The summed E-state index contributed by atoms with van der Waals surface area (Å²) in [6.45, 7) is 8.40. The molecule has 3 aromatic rings. The third-order valence-corrected chi connectivity index (χ3v) is 4.72. The van der Waals surface area contributed by atoms with E-state index in [1.807, 2.05) is 29.6 Å². The molecule has 0 aromatic carbocycles. The zero-order valence-corrected chi connectivity index (χ0v) is 14.6. The van der Waals surface area contributed by atoms with Crippen molar-refractivity contribution in [3.05, 3.63) is 40.3 Å². The van der Waals surface area contributed by atoms with Gasteiger partial charge in [-0.05, 0) is 30.5 Å². The second kappa shape index (κ2) is 5.58. The average Bonchev–Trinajstić information content (AvgIpc) is 3.13. The number of rotatable bonds is 4. The number of aliphatic hydroxyl groups is 1. The maximum atomic E-state index is 10.6. The summed E-state index contributed by atoms with van der Waals surface area (Å²) < 4.78 is 1.75. The van der Waals surface area contributed by atoms with E-state index in [1.165, 1.54) is 11.3 Å². The number of aromatic nitrogens is 4. The largest absolute Gasteiger partial charge is 0.383 e. The Morgan fingerprint density at radius 3 is 2.61 bits per heavy atom.